The third-order valence-electron chi connectivity index (χ3n) is 3.49. The standard InChI is InChI=1S/C17H12N4O4S/c22-15(20-17-19-12(9-26-17)14-4-2-6-25-14)8-21-10-18-11(7-16(21)23)13-3-1-5-24-13/h1-7,9-10H,8H2,(H,19,20,22). The van der Waals surface area contributed by atoms with Gasteiger partial charge in [-0.2, -0.15) is 0 Å². The van der Waals surface area contributed by atoms with Crippen LogP contribution in [0.2, 0.25) is 0 Å². The molecule has 0 saturated carbocycles. The highest BCUT2D eigenvalue weighted by Crippen LogP contribution is 2.25. The van der Waals surface area contributed by atoms with E-state index in [1.807, 2.05) is 0 Å². The molecule has 0 aromatic carbocycles. The Bertz CT molecular complexity index is 1080. The first-order valence-electron chi connectivity index (χ1n) is 7.59. The number of carbonyl (C=O) groups excluding carboxylic acids is 1. The molecule has 4 aromatic heterocycles. The largest absolute Gasteiger partial charge is 0.463 e. The second-order valence-electron chi connectivity index (χ2n) is 5.28. The molecule has 130 valence electrons. The Morgan fingerprint density at radius 3 is 2.54 bits per heavy atom. The van der Waals surface area contributed by atoms with Crippen LogP contribution in [0.4, 0.5) is 5.13 Å². The van der Waals surface area contributed by atoms with Gasteiger partial charge in [0.25, 0.3) is 5.56 Å². The normalized spacial score (nSPS) is 10.8. The lowest BCUT2D eigenvalue weighted by molar-refractivity contribution is -0.116. The van der Waals surface area contributed by atoms with E-state index in [9.17, 15) is 9.59 Å². The second kappa shape index (κ2) is 6.81. The number of hydrogen-bond donors (Lipinski definition) is 1. The van der Waals surface area contributed by atoms with Crippen LogP contribution in [-0.2, 0) is 11.3 Å². The van der Waals surface area contributed by atoms with Gasteiger partial charge in [0.2, 0.25) is 5.91 Å². The fraction of sp³-hybridized carbons (Fsp3) is 0.0588. The molecule has 0 bridgehead atoms. The van der Waals surface area contributed by atoms with Gasteiger partial charge in [-0.15, -0.1) is 11.3 Å². The first kappa shape index (κ1) is 16.0. The zero-order valence-corrected chi connectivity index (χ0v) is 14.1. The summed E-state index contributed by atoms with van der Waals surface area (Å²) in [5, 5.41) is 4.87. The Balaban J connectivity index is 1.44. The van der Waals surface area contributed by atoms with Gasteiger partial charge in [-0.3, -0.25) is 14.2 Å². The molecule has 0 fully saturated rings. The average molecular weight is 368 g/mol. The maximum Gasteiger partial charge on any atom is 0.254 e. The third kappa shape index (κ3) is 3.33. The summed E-state index contributed by atoms with van der Waals surface area (Å²) in [4.78, 5) is 32.8. The number of nitrogens with zero attached hydrogens (tertiary/aromatic N) is 3. The zero-order chi connectivity index (χ0) is 17.9. The van der Waals surface area contributed by atoms with Crippen molar-refractivity contribution in [3.05, 3.63) is 64.9 Å². The Morgan fingerprint density at radius 2 is 1.88 bits per heavy atom. The van der Waals surface area contributed by atoms with Crippen LogP contribution in [0.1, 0.15) is 0 Å². The molecule has 0 atom stereocenters. The predicted molar refractivity (Wildman–Crippen MR) is 94.6 cm³/mol. The van der Waals surface area contributed by atoms with E-state index in [2.05, 4.69) is 15.3 Å². The zero-order valence-electron chi connectivity index (χ0n) is 13.3. The van der Waals surface area contributed by atoms with Gasteiger partial charge in [-0.25, -0.2) is 9.97 Å². The predicted octanol–water partition coefficient (Wildman–Crippen LogP) is 2.86. The number of furan rings is 2. The summed E-state index contributed by atoms with van der Waals surface area (Å²) in [6.45, 7) is -0.167. The van der Waals surface area contributed by atoms with E-state index in [-0.39, 0.29) is 18.0 Å². The topological polar surface area (TPSA) is 103 Å². The first-order chi connectivity index (χ1) is 12.7. The Kier molecular flexibility index (Phi) is 4.20. The Morgan fingerprint density at radius 1 is 1.15 bits per heavy atom. The number of aromatic nitrogens is 3. The van der Waals surface area contributed by atoms with Crippen LogP contribution in [0.25, 0.3) is 22.9 Å². The molecule has 0 aliphatic carbocycles. The van der Waals surface area contributed by atoms with Gasteiger partial charge in [0.05, 0.1) is 18.9 Å². The van der Waals surface area contributed by atoms with Crippen LogP contribution >= 0.6 is 11.3 Å². The third-order valence-corrected chi connectivity index (χ3v) is 4.25. The summed E-state index contributed by atoms with van der Waals surface area (Å²) in [5.41, 5.74) is 0.702. The van der Waals surface area contributed by atoms with Crippen molar-refractivity contribution in [2.75, 3.05) is 5.32 Å². The molecular weight excluding hydrogens is 356 g/mol. The lowest BCUT2D eigenvalue weighted by Gasteiger charge is -2.05. The summed E-state index contributed by atoms with van der Waals surface area (Å²) in [6.07, 6.45) is 4.37. The van der Waals surface area contributed by atoms with Crippen LogP contribution in [0, 0.1) is 0 Å². The minimum Gasteiger partial charge on any atom is -0.463 e. The highest BCUT2D eigenvalue weighted by Gasteiger charge is 2.12. The number of thiazole rings is 1. The van der Waals surface area contributed by atoms with Crippen molar-refractivity contribution in [1.82, 2.24) is 14.5 Å². The van der Waals surface area contributed by atoms with E-state index >= 15 is 0 Å². The van der Waals surface area contributed by atoms with Gasteiger partial charge in [-0.05, 0) is 24.3 Å². The average Bonchev–Trinajstić information content (AvgIpc) is 3.39. The van der Waals surface area contributed by atoms with Crippen LogP contribution in [0.15, 0.2) is 68.2 Å². The van der Waals surface area contributed by atoms with E-state index in [0.717, 1.165) is 0 Å². The summed E-state index contributed by atoms with van der Waals surface area (Å²) in [6, 6.07) is 8.29. The molecule has 4 aromatic rings. The molecule has 26 heavy (non-hydrogen) atoms. The quantitative estimate of drug-likeness (QED) is 0.581. The van der Waals surface area contributed by atoms with Gasteiger partial charge in [0.15, 0.2) is 16.7 Å². The maximum absolute atomic E-state index is 12.2. The molecule has 1 amide bonds. The summed E-state index contributed by atoms with van der Waals surface area (Å²) >= 11 is 1.27. The molecule has 0 radical (unpaired) electrons. The van der Waals surface area contributed by atoms with Gasteiger partial charge < -0.3 is 14.2 Å². The van der Waals surface area contributed by atoms with E-state index in [1.165, 1.54) is 34.6 Å². The SMILES string of the molecule is O=C(Cn1cnc(-c2ccco2)cc1=O)Nc1nc(-c2ccco2)cs1. The molecule has 0 saturated heterocycles. The van der Waals surface area contributed by atoms with E-state index < -0.39 is 0 Å². The van der Waals surface area contributed by atoms with Gasteiger partial charge in [0.1, 0.15) is 17.9 Å². The number of carbonyl (C=O) groups is 1. The molecule has 1 N–H and O–H groups in total. The molecule has 0 unspecified atom stereocenters. The van der Waals surface area contributed by atoms with Crippen LogP contribution < -0.4 is 10.9 Å². The molecule has 4 heterocycles. The monoisotopic (exact) mass is 368 g/mol. The summed E-state index contributed by atoms with van der Waals surface area (Å²) < 4.78 is 11.7. The van der Waals surface area contributed by atoms with Crippen molar-refractivity contribution in [3.63, 3.8) is 0 Å². The van der Waals surface area contributed by atoms with Crippen molar-refractivity contribution < 1.29 is 13.6 Å². The fourth-order valence-corrected chi connectivity index (χ4v) is 3.00. The first-order valence-corrected chi connectivity index (χ1v) is 8.46. The second-order valence-corrected chi connectivity index (χ2v) is 6.14. The van der Waals surface area contributed by atoms with Crippen molar-refractivity contribution in [2.45, 2.75) is 6.54 Å². The molecule has 8 nitrogen and oxygen atoms in total. The molecule has 0 spiro atoms. The minimum atomic E-state index is -0.375. The number of rotatable bonds is 5. The van der Waals surface area contributed by atoms with Crippen molar-refractivity contribution in [3.8, 4) is 22.9 Å². The van der Waals surface area contributed by atoms with Crippen LogP contribution in [0.5, 0.6) is 0 Å². The lowest BCUT2D eigenvalue weighted by atomic mass is 10.3. The van der Waals surface area contributed by atoms with Gasteiger partial charge in [-0.1, -0.05) is 0 Å². The molecular formula is C17H12N4O4S. The van der Waals surface area contributed by atoms with E-state index in [1.54, 1.807) is 35.9 Å². The molecule has 0 aliphatic heterocycles. The fourth-order valence-electron chi connectivity index (χ4n) is 2.29. The molecule has 4 rings (SSSR count). The Labute approximate surface area is 150 Å². The van der Waals surface area contributed by atoms with Crippen LogP contribution in [-0.4, -0.2) is 20.4 Å². The number of anilines is 1. The minimum absolute atomic E-state index is 0.167. The Hall–Kier alpha value is -3.46. The highest BCUT2D eigenvalue weighted by atomic mass is 32.1. The van der Waals surface area contributed by atoms with Gasteiger partial charge in [0, 0.05) is 11.4 Å². The van der Waals surface area contributed by atoms with Crippen molar-refractivity contribution >= 4 is 22.4 Å². The smallest absolute Gasteiger partial charge is 0.254 e. The molecule has 0 aliphatic rings. The van der Waals surface area contributed by atoms with Crippen molar-refractivity contribution in [1.29, 1.82) is 0 Å². The van der Waals surface area contributed by atoms with E-state index in [0.29, 0.717) is 28.0 Å². The van der Waals surface area contributed by atoms with Crippen molar-refractivity contribution in [2.24, 2.45) is 0 Å². The molecule has 9 heteroatoms. The number of nitrogens with one attached hydrogen (secondary N) is 1. The summed E-state index contributed by atoms with van der Waals surface area (Å²) in [7, 11) is 0. The van der Waals surface area contributed by atoms with Gasteiger partial charge >= 0.3 is 0 Å². The van der Waals surface area contributed by atoms with Crippen LogP contribution in [0.3, 0.4) is 0 Å². The lowest BCUT2D eigenvalue weighted by Crippen LogP contribution is -2.27. The number of hydrogen-bond acceptors (Lipinski definition) is 7. The maximum atomic E-state index is 12.2. The number of amides is 1. The highest BCUT2D eigenvalue weighted by molar-refractivity contribution is 7.14. The van der Waals surface area contributed by atoms with E-state index in [4.69, 9.17) is 8.83 Å². The summed E-state index contributed by atoms with van der Waals surface area (Å²) in [5.74, 6) is 0.739.